The van der Waals surface area contributed by atoms with Gasteiger partial charge in [0.25, 0.3) is 0 Å². The summed E-state index contributed by atoms with van der Waals surface area (Å²) in [6.07, 6.45) is 3.32. The lowest BCUT2D eigenvalue weighted by Crippen LogP contribution is -2.24. The van der Waals surface area contributed by atoms with Gasteiger partial charge < -0.3 is 9.47 Å². The monoisotopic (exact) mass is 170 g/mol. The van der Waals surface area contributed by atoms with E-state index in [0.717, 1.165) is 13.2 Å². The van der Waals surface area contributed by atoms with Gasteiger partial charge in [0.2, 0.25) is 0 Å². The van der Waals surface area contributed by atoms with Gasteiger partial charge >= 0.3 is 0 Å². The van der Waals surface area contributed by atoms with Crippen molar-refractivity contribution in [3.8, 4) is 0 Å². The first-order valence-electron chi connectivity index (χ1n) is 5.06. The molecular formula is C10H18O2. The first-order chi connectivity index (χ1) is 5.83. The summed E-state index contributed by atoms with van der Waals surface area (Å²) >= 11 is 0. The third-order valence-corrected chi connectivity index (χ3v) is 3.06. The van der Waals surface area contributed by atoms with Crippen molar-refractivity contribution < 1.29 is 9.47 Å². The van der Waals surface area contributed by atoms with E-state index in [0.29, 0.717) is 24.0 Å². The Balaban J connectivity index is 1.96. The van der Waals surface area contributed by atoms with Gasteiger partial charge in [-0.25, -0.2) is 0 Å². The quantitative estimate of drug-likeness (QED) is 0.629. The van der Waals surface area contributed by atoms with E-state index in [2.05, 4.69) is 13.8 Å². The van der Waals surface area contributed by atoms with E-state index < -0.39 is 0 Å². The van der Waals surface area contributed by atoms with Gasteiger partial charge in [-0.3, -0.25) is 0 Å². The Morgan fingerprint density at radius 1 is 1.17 bits per heavy atom. The maximum atomic E-state index is 5.73. The summed E-state index contributed by atoms with van der Waals surface area (Å²) in [5, 5.41) is 0. The Kier molecular flexibility index (Phi) is 2.37. The van der Waals surface area contributed by atoms with Crippen LogP contribution in [0.5, 0.6) is 0 Å². The van der Waals surface area contributed by atoms with Crippen molar-refractivity contribution in [2.24, 2.45) is 11.8 Å². The second-order valence-corrected chi connectivity index (χ2v) is 4.12. The van der Waals surface area contributed by atoms with Crippen molar-refractivity contribution in [3.05, 3.63) is 0 Å². The minimum Gasteiger partial charge on any atom is -0.375 e. The molecule has 0 aliphatic carbocycles. The summed E-state index contributed by atoms with van der Waals surface area (Å²) in [7, 11) is 0. The summed E-state index contributed by atoms with van der Waals surface area (Å²) in [6, 6.07) is 0. The lowest BCUT2D eigenvalue weighted by Gasteiger charge is -2.14. The third kappa shape index (κ3) is 1.27. The predicted molar refractivity (Wildman–Crippen MR) is 47.0 cm³/mol. The van der Waals surface area contributed by atoms with Crippen molar-refractivity contribution >= 4 is 0 Å². The Morgan fingerprint density at radius 3 is 2.67 bits per heavy atom. The van der Waals surface area contributed by atoms with Crippen LogP contribution in [0, 0.1) is 11.8 Å². The molecule has 0 saturated carbocycles. The third-order valence-electron chi connectivity index (χ3n) is 3.06. The van der Waals surface area contributed by atoms with Crippen LogP contribution >= 0.6 is 0 Å². The second kappa shape index (κ2) is 3.35. The highest BCUT2D eigenvalue weighted by Crippen LogP contribution is 2.36. The molecule has 0 radical (unpaired) electrons. The average molecular weight is 170 g/mol. The molecule has 0 aromatic rings. The molecule has 0 bridgehead atoms. The molecule has 2 saturated heterocycles. The molecule has 2 heterocycles. The van der Waals surface area contributed by atoms with Crippen LogP contribution in [0.15, 0.2) is 0 Å². The highest BCUT2D eigenvalue weighted by molar-refractivity contribution is 4.91. The molecule has 2 nitrogen and oxygen atoms in total. The summed E-state index contributed by atoms with van der Waals surface area (Å²) in [5.41, 5.74) is 0. The van der Waals surface area contributed by atoms with Gasteiger partial charge in [0, 0.05) is 11.8 Å². The van der Waals surface area contributed by atoms with Crippen molar-refractivity contribution in [1.82, 2.24) is 0 Å². The fraction of sp³-hybridized carbons (Fsp3) is 1.00. The molecule has 70 valence electrons. The van der Waals surface area contributed by atoms with Crippen molar-refractivity contribution in [3.63, 3.8) is 0 Å². The smallest absolute Gasteiger partial charge is 0.0890 e. The van der Waals surface area contributed by atoms with E-state index in [1.54, 1.807) is 0 Å². The molecule has 2 rings (SSSR count). The molecule has 0 spiro atoms. The zero-order valence-corrected chi connectivity index (χ0v) is 7.95. The number of rotatable bonds is 2. The van der Waals surface area contributed by atoms with E-state index >= 15 is 0 Å². The molecule has 0 aromatic heterocycles. The summed E-state index contributed by atoms with van der Waals surface area (Å²) < 4.78 is 11.5. The van der Waals surface area contributed by atoms with Crippen molar-refractivity contribution in [2.45, 2.75) is 38.9 Å². The van der Waals surface area contributed by atoms with Gasteiger partial charge in [-0.1, -0.05) is 20.3 Å². The Labute approximate surface area is 74.2 Å². The Hall–Kier alpha value is -0.0800. The summed E-state index contributed by atoms with van der Waals surface area (Å²) in [6.45, 7) is 6.27. The van der Waals surface area contributed by atoms with E-state index in [1.165, 1.54) is 12.8 Å². The fourth-order valence-electron chi connectivity index (χ4n) is 2.39. The van der Waals surface area contributed by atoms with Crippen LogP contribution in [0.1, 0.15) is 26.7 Å². The topological polar surface area (TPSA) is 18.5 Å². The molecule has 2 aliphatic heterocycles. The molecular weight excluding hydrogens is 152 g/mol. The lowest BCUT2D eigenvalue weighted by atomic mass is 9.94. The Bertz CT molecular complexity index is 158. The van der Waals surface area contributed by atoms with Crippen molar-refractivity contribution in [1.29, 1.82) is 0 Å². The van der Waals surface area contributed by atoms with E-state index in [1.807, 2.05) is 0 Å². The maximum absolute atomic E-state index is 5.73. The van der Waals surface area contributed by atoms with Gasteiger partial charge in [0.15, 0.2) is 0 Å². The van der Waals surface area contributed by atoms with Crippen LogP contribution in [0.4, 0.5) is 0 Å². The molecule has 0 aromatic carbocycles. The first-order valence-corrected chi connectivity index (χ1v) is 5.06. The molecule has 2 unspecified atom stereocenters. The minimum absolute atomic E-state index is 0.404. The standard InChI is InChI=1S/C10H18O2/c1-3-4-8-6-12-9-7(2)5-11-10(8)9/h7-10H,3-6H2,1-2H3/t7?,8?,9-,10-/m1/s1. The van der Waals surface area contributed by atoms with Gasteiger partial charge in [-0.15, -0.1) is 0 Å². The van der Waals surface area contributed by atoms with Crippen LogP contribution in [-0.2, 0) is 9.47 Å². The zero-order chi connectivity index (χ0) is 8.55. The minimum atomic E-state index is 0.404. The summed E-state index contributed by atoms with van der Waals surface area (Å²) in [4.78, 5) is 0. The van der Waals surface area contributed by atoms with Gasteiger partial charge in [-0.2, -0.15) is 0 Å². The number of hydrogen-bond donors (Lipinski definition) is 0. The molecule has 12 heavy (non-hydrogen) atoms. The number of fused-ring (bicyclic) bond motifs is 1. The van der Waals surface area contributed by atoms with Crippen LogP contribution in [-0.4, -0.2) is 25.4 Å². The zero-order valence-electron chi connectivity index (χ0n) is 7.95. The second-order valence-electron chi connectivity index (χ2n) is 4.12. The van der Waals surface area contributed by atoms with E-state index in [9.17, 15) is 0 Å². The normalized spacial score (nSPS) is 46.5. The van der Waals surface area contributed by atoms with Crippen molar-refractivity contribution in [2.75, 3.05) is 13.2 Å². The van der Waals surface area contributed by atoms with Gasteiger partial charge in [0.1, 0.15) is 0 Å². The van der Waals surface area contributed by atoms with Crippen LogP contribution in [0.25, 0.3) is 0 Å². The number of hydrogen-bond acceptors (Lipinski definition) is 2. The largest absolute Gasteiger partial charge is 0.375 e. The maximum Gasteiger partial charge on any atom is 0.0890 e. The van der Waals surface area contributed by atoms with E-state index in [-0.39, 0.29) is 0 Å². The predicted octanol–water partition coefficient (Wildman–Crippen LogP) is 1.84. The van der Waals surface area contributed by atoms with Crippen LogP contribution in [0.2, 0.25) is 0 Å². The molecule has 0 amide bonds. The van der Waals surface area contributed by atoms with Gasteiger partial charge in [0.05, 0.1) is 25.4 Å². The number of ether oxygens (including phenoxy) is 2. The molecule has 0 N–H and O–H groups in total. The molecule has 2 fully saturated rings. The lowest BCUT2D eigenvalue weighted by molar-refractivity contribution is 0.0605. The average Bonchev–Trinajstić information content (AvgIpc) is 2.58. The highest BCUT2D eigenvalue weighted by Gasteiger charge is 2.44. The molecule has 2 heteroatoms. The fourth-order valence-corrected chi connectivity index (χ4v) is 2.39. The molecule has 4 atom stereocenters. The Morgan fingerprint density at radius 2 is 1.92 bits per heavy atom. The summed E-state index contributed by atoms with van der Waals surface area (Å²) in [5.74, 6) is 1.28. The van der Waals surface area contributed by atoms with Crippen LogP contribution in [0.3, 0.4) is 0 Å². The van der Waals surface area contributed by atoms with E-state index in [4.69, 9.17) is 9.47 Å². The SMILES string of the molecule is CCCC1CO[C@@H]2C(C)CO[C@H]12. The van der Waals surface area contributed by atoms with Gasteiger partial charge in [-0.05, 0) is 6.42 Å². The highest BCUT2D eigenvalue weighted by atomic mass is 16.6. The van der Waals surface area contributed by atoms with Crippen LogP contribution < -0.4 is 0 Å². The first kappa shape index (κ1) is 8.52. The molecule has 2 aliphatic rings.